The first kappa shape index (κ1) is 18.1. The number of pyridine rings is 1. The third kappa shape index (κ3) is 4.26. The number of hydrogen-bond donors (Lipinski definition) is 1. The number of halogens is 1. The standard InChI is InChI=1S/C19H21ClN4O2/c1-4-7-26-19-12-18(22-15-9-14(20)10-17(11-15)25-3)23-24(19)16-5-6-21-13(2)8-16/h5-6,8-12H,4,7H2,1-3H3,(H,22,23). The summed E-state index contributed by atoms with van der Waals surface area (Å²) in [7, 11) is 1.60. The maximum absolute atomic E-state index is 6.14. The highest BCUT2D eigenvalue weighted by atomic mass is 35.5. The maximum Gasteiger partial charge on any atom is 0.218 e. The van der Waals surface area contributed by atoms with E-state index in [0.717, 1.165) is 23.5 Å². The Morgan fingerprint density at radius 3 is 2.77 bits per heavy atom. The molecule has 2 aromatic heterocycles. The molecule has 0 atom stereocenters. The Hall–Kier alpha value is -2.73. The van der Waals surface area contributed by atoms with Gasteiger partial charge in [0.1, 0.15) is 5.75 Å². The topological polar surface area (TPSA) is 61.2 Å². The van der Waals surface area contributed by atoms with Crippen molar-refractivity contribution in [2.24, 2.45) is 0 Å². The molecule has 1 aromatic carbocycles. The zero-order valence-electron chi connectivity index (χ0n) is 15.0. The zero-order valence-corrected chi connectivity index (χ0v) is 15.7. The minimum absolute atomic E-state index is 0.582. The smallest absolute Gasteiger partial charge is 0.218 e. The first-order valence-corrected chi connectivity index (χ1v) is 8.74. The van der Waals surface area contributed by atoms with Crippen LogP contribution in [0, 0.1) is 6.92 Å². The maximum atomic E-state index is 6.14. The van der Waals surface area contributed by atoms with E-state index < -0.39 is 0 Å². The van der Waals surface area contributed by atoms with Gasteiger partial charge in [0.25, 0.3) is 0 Å². The summed E-state index contributed by atoms with van der Waals surface area (Å²) in [5.41, 5.74) is 2.58. The van der Waals surface area contributed by atoms with Gasteiger partial charge >= 0.3 is 0 Å². The van der Waals surface area contributed by atoms with E-state index in [1.54, 1.807) is 24.1 Å². The van der Waals surface area contributed by atoms with Crippen molar-refractivity contribution < 1.29 is 9.47 Å². The summed E-state index contributed by atoms with van der Waals surface area (Å²) in [6.07, 6.45) is 2.67. The number of methoxy groups -OCH3 is 1. The summed E-state index contributed by atoms with van der Waals surface area (Å²) in [5.74, 6) is 1.98. The molecule has 0 bridgehead atoms. The van der Waals surface area contributed by atoms with Crippen LogP contribution in [-0.2, 0) is 0 Å². The van der Waals surface area contributed by atoms with E-state index in [-0.39, 0.29) is 0 Å². The van der Waals surface area contributed by atoms with Gasteiger partial charge in [-0.2, -0.15) is 4.68 Å². The number of nitrogens with one attached hydrogen (secondary N) is 1. The predicted octanol–water partition coefficient (Wildman–Crippen LogP) is 4.77. The first-order valence-electron chi connectivity index (χ1n) is 8.36. The van der Waals surface area contributed by atoms with Crippen molar-refractivity contribution in [2.75, 3.05) is 19.0 Å². The molecule has 3 aromatic rings. The molecule has 3 rings (SSSR count). The van der Waals surface area contributed by atoms with Crippen molar-refractivity contribution in [3.8, 4) is 17.3 Å². The van der Waals surface area contributed by atoms with Crippen LogP contribution in [-0.4, -0.2) is 28.5 Å². The minimum Gasteiger partial charge on any atom is -0.497 e. The first-order chi connectivity index (χ1) is 12.6. The minimum atomic E-state index is 0.582. The number of rotatable bonds is 7. The predicted molar refractivity (Wildman–Crippen MR) is 103 cm³/mol. The van der Waals surface area contributed by atoms with Crippen LogP contribution in [0.3, 0.4) is 0 Å². The van der Waals surface area contributed by atoms with Crippen molar-refractivity contribution in [3.63, 3.8) is 0 Å². The molecule has 0 saturated carbocycles. The van der Waals surface area contributed by atoms with Gasteiger partial charge in [-0.05, 0) is 37.6 Å². The van der Waals surface area contributed by atoms with Crippen LogP contribution < -0.4 is 14.8 Å². The van der Waals surface area contributed by atoms with Crippen molar-refractivity contribution in [2.45, 2.75) is 20.3 Å². The Kier molecular flexibility index (Phi) is 5.63. The van der Waals surface area contributed by atoms with Crippen LogP contribution in [0.4, 0.5) is 11.5 Å². The van der Waals surface area contributed by atoms with E-state index in [1.807, 2.05) is 37.3 Å². The van der Waals surface area contributed by atoms with Crippen molar-refractivity contribution in [1.82, 2.24) is 14.8 Å². The molecule has 136 valence electrons. The lowest BCUT2D eigenvalue weighted by Crippen LogP contribution is -2.04. The summed E-state index contributed by atoms with van der Waals surface area (Å²) < 4.78 is 12.9. The normalized spacial score (nSPS) is 10.6. The van der Waals surface area contributed by atoms with Gasteiger partial charge in [-0.3, -0.25) is 4.98 Å². The Balaban J connectivity index is 1.94. The van der Waals surface area contributed by atoms with E-state index in [1.165, 1.54) is 0 Å². The van der Waals surface area contributed by atoms with Gasteiger partial charge in [-0.15, -0.1) is 5.10 Å². The highest BCUT2D eigenvalue weighted by Crippen LogP contribution is 2.29. The molecule has 0 radical (unpaired) electrons. The largest absolute Gasteiger partial charge is 0.497 e. The highest BCUT2D eigenvalue weighted by Gasteiger charge is 2.12. The molecular weight excluding hydrogens is 352 g/mol. The Labute approximate surface area is 157 Å². The molecular formula is C19H21ClN4O2. The van der Waals surface area contributed by atoms with Crippen LogP contribution >= 0.6 is 11.6 Å². The SMILES string of the molecule is CCCOc1cc(Nc2cc(Cl)cc(OC)c2)nn1-c1ccnc(C)c1. The lowest BCUT2D eigenvalue weighted by molar-refractivity contribution is 0.296. The van der Waals surface area contributed by atoms with Crippen molar-refractivity contribution >= 4 is 23.1 Å². The molecule has 0 aliphatic heterocycles. The van der Waals surface area contributed by atoms with Crippen molar-refractivity contribution in [3.05, 3.63) is 53.3 Å². The molecule has 0 unspecified atom stereocenters. The molecule has 26 heavy (non-hydrogen) atoms. The molecule has 2 heterocycles. The second-order valence-electron chi connectivity index (χ2n) is 5.79. The summed E-state index contributed by atoms with van der Waals surface area (Å²) in [6.45, 7) is 4.62. The number of benzene rings is 1. The van der Waals surface area contributed by atoms with Crippen LogP contribution in [0.2, 0.25) is 5.02 Å². The summed E-state index contributed by atoms with van der Waals surface area (Å²) in [6, 6.07) is 11.1. The quantitative estimate of drug-likeness (QED) is 0.647. The monoisotopic (exact) mass is 372 g/mol. The van der Waals surface area contributed by atoms with E-state index in [0.29, 0.717) is 29.1 Å². The Morgan fingerprint density at radius 2 is 2.04 bits per heavy atom. The fourth-order valence-corrected chi connectivity index (χ4v) is 2.71. The molecule has 0 spiro atoms. The fraction of sp³-hybridized carbons (Fsp3) is 0.263. The molecule has 7 heteroatoms. The van der Waals surface area contributed by atoms with Gasteiger partial charge in [0, 0.05) is 34.7 Å². The molecule has 0 aliphatic rings. The number of hydrogen-bond acceptors (Lipinski definition) is 5. The van der Waals surface area contributed by atoms with E-state index in [4.69, 9.17) is 21.1 Å². The van der Waals surface area contributed by atoms with E-state index in [2.05, 4.69) is 22.3 Å². The molecule has 6 nitrogen and oxygen atoms in total. The average molecular weight is 373 g/mol. The zero-order chi connectivity index (χ0) is 18.5. The third-order valence-electron chi connectivity index (χ3n) is 3.63. The van der Waals surface area contributed by atoms with Crippen molar-refractivity contribution in [1.29, 1.82) is 0 Å². The van der Waals surface area contributed by atoms with Crippen LogP contribution in [0.5, 0.6) is 11.6 Å². The van der Waals surface area contributed by atoms with Gasteiger partial charge in [-0.25, -0.2) is 0 Å². The average Bonchev–Trinajstić information content (AvgIpc) is 3.02. The second kappa shape index (κ2) is 8.10. The molecule has 0 saturated heterocycles. The van der Waals surface area contributed by atoms with Gasteiger partial charge in [0.05, 0.1) is 19.4 Å². The fourth-order valence-electron chi connectivity index (χ4n) is 2.48. The molecule has 0 fully saturated rings. The van der Waals surface area contributed by atoms with Gasteiger partial charge in [0.2, 0.25) is 5.88 Å². The van der Waals surface area contributed by atoms with E-state index >= 15 is 0 Å². The van der Waals surface area contributed by atoms with E-state index in [9.17, 15) is 0 Å². The Bertz CT molecular complexity index is 895. The number of nitrogens with zero attached hydrogens (tertiary/aromatic N) is 3. The number of anilines is 2. The summed E-state index contributed by atoms with van der Waals surface area (Å²) in [5, 5.41) is 8.45. The third-order valence-corrected chi connectivity index (χ3v) is 3.85. The van der Waals surface area contributed by atoms with Crippen LogP contribution in [0.15, 0.2) is 42.6 Å². The lowest BCUT2D eigenvalue weighted by Gasteiger charge is -2.08. The molecule has 1 N–H and O–H groups in total. The second-order valence-corrected chi connectivity index (χ2v) is 6.22. The number of aryl methyl sites for hydroxylation is 1. The lowest BCUT2D eigenvalue weighted by atomic mass is 10.3. The Morgan fingerprint density at radius 1 is 1.19 bits per heavy atom. The van der Waals surface area contributed by atoms with Gasteiger partial charge in [0.15, 0.2) is 5.82 Å². The van der Waals surface area contributed by atoms with Crippen LogP contribution in [0.25, 0.3) is 5.69 Å². The molecule has 0 amide bonds. The summed E-state index contributed by atoms with van der Waals surface area (Å²) >= 11 is 6.14. The van der Waals surface area contributed by atoms with Crippen LogP contribution in [0.1, 0.15) is 19.0 Å². The number of ether oxygens (including phenoxy) is 2. The number of aromatic nitrogens is 3. The van der Waals surface area contributed by atoms with Gasteiger partial charge < -0.3 is 14.8 Å². The van der Waals surface area contributed by atoms with Gasteiger partial charge in [-0.1, -0.05) is 18.5 Å². The molecule has 0 aliphatic carbocycles. The highest BCUT2D eigenvalue weighted by molar-refractivity contribution is 6.31. The summed E-state index contributed by atoms with van der Waals surface area (Å²) in [4.78, 5) is 4.23.